The minimum atomic E-state index is -0.547. The van der Waals surface area contributed by atoms with Crippen LogP contribution in [0.5, 0.6) is 0 Å². The monoisotopic (exact) mass is 358 g/mol. The molecule has 2 rings (SSSR count). The van der Waals surface area contributed by atoms with Crippen molar-refractivity contribution in [2.75, 3.05) is 25.0 Å². The molecule has 0 aliphatic carbocycles. The van der Waals surface area contributed by atoms with E-state index in [1.54, 1.807) is 0 Å². The van der Waals surface area contributed by atoms with Gasteiger partial charge in [-0.05, 0) is 38.1 Å². The van der Waals surface area contributed by atoms with Gasteiger partial charge in [-0.2, -0.15) is 0 Å². The maximum Gasteiger partial charge on any atom is 0.287 e. The third-order valence-electron chi connectivity index (χ3n) is 4.13. The van der Waals surface area contributed by atoms with E-state index in [9.17, 15) is 14.0 Å². The smallest absolute Gasteiger partial charge is 0.287 e. The second-order valence-electron chi connectivity index (χ2n) is 5.98. The second kappa shape index (κ2) is 9.68. The number of hydrogen-bond donors (Lipinski definition) is 3. The number of nitrogens with one attached hydrogen (secondary N) is 3. The standard InChI is InChI=1S/C20H24FN3O2/c1-3-22-18(25)14-24(4-2)19(15-8-6-5-7-9-15)20(26)23-17-12-10-16(21)11-13-17/h5-13,19H,3-4,14H2,1-2H3,(H,22,25)(H,23,26)/p+1/t19-/m1/s1. The summed E-state index contributed by atoms with van der Waals surface area (Å²) >= 11 is 0. The summed E-state index contributed by atoms with van der Waals surface area (Å²) in [5.74, 6) is -0.691. The summed E-state index contributed by atoms with van der Waals surface area (Å²) in [4.78, 5) is 25.9. The fourth-order valence-corrected chi connectivity index (χ4v) is 2.86. The Kier molecular flexibility index (Phi) is 7.29. The molecule has 5 nitrogen and oxygen atoms in total. The average Bonchev–Trinajstić information content (AvgIpc) is 2.64. The highest BCUT2D eigenvalue weighted by molar-refractivity contribution is 5.94. The number of rotatable bonds is 8. The Bertz CT molecular complexity index is 720. The van der Waals surface area contributed by atoms with Crippen LogP contribution in [0, 0.1) is 5.82 Å². The molecule has 0 aliphatic rings. The van der Waals surface area contributed by atoms with Crippen molar-refractivity contribution < 1.29 is 18.9 Å². The largest absolute Gasteiger partial charge is 0.351 e. The molecule has 0 fully saturated rings. The number of benzene rings is 2. The highest BCUT2D eigenvalue weighted by atomic mass is 19.1. The minimum Gasteiger partial charge on any atom is -0.351 e. The van der Waals surface area contributed by atoms with Gasteiger partial charge in [0, 0.05) is 17.8 Å². The van der Waals surface area contributed by atoms with Crippen molar-refractivity contribution in [3.05, 3.63) is 66.0 Å². The number of anilines is 1. The van der Waals surface area contributed by atoms with Gasteiger partial charge < -0.3 is 15.5 Å². The average molecular weight is 358 g/mol. The van der Waals surface area contributed by atoms with Crippen molar-refractivity contribution in [3.8, 4) is 0 Å². The molecule has 2 aromatic rings. The van der Waals surface area contributed by atoms with Crippen molar-refractivity contribution in [2.45, 2.75) is 19.9 Å². The summed E-state index contributed by atoms with van der Waals surface area (Å²) in [7, 11) is 0. The molecule has 6 heteroatoms. The van der Waals surface area contributed by atoms with Crippen molar-refractivity contribution in [1.29, 1.82) is 0 Å². The Balaban J connectivity index is 2.26. The van der Waals surface area contributed by atoms with Crippen molar-refractivity contribution in [3.63, 3.8) is 0 Å². The number of likely N-dealkylation sites (N-methyl/N-ethyl adjacent to an activating group) is 2. The van der Waals surface area contributed by atoms with Crippen LogP contribution < -0.4 is 15.5 Å². The van der Waals surface area contributed by atoms with E-state index in [4.69, 9.17) is 0 Å². The van der Waals surface area contributed by atoms with Gasteiger partial charge in [0.15, 0.2) is 12.6 Å². The molecule has 0 saturated carbocycles. The van der Waals surface area contributed by atoms with Crippen LogP contribution in [0.15, 0.2) is 54.6 Å². The molecule has 0 spiro atoms. The van der Waals surface area contributed by atoms with E-state index in [1.165, 1.54) is 24.3 Å². The molecule has 0 bridgehead atoms. The Hall–Kier alpha value is -2.73. The minimum absolute atomic E-state index is 0.0973. The summed E-state index contributed by atoms with van der Waals surface area (Å²) in [5, 5.41) is 5.61. The number of hydrogen-bond acceptors (Lipinski definition) is 2. The molecule has 138 valence electrons. The molecule has 1 unspecified atom stereocenters. The summed E-state index contributed by atoms with van der Waals surface area (Å²) in [6.45, 7) is 5.15. The van der Waals surface area contributed by atoms with Crippen LogP contribution in [0.25, 0.3) is 0 Å². The molecule has 0 saturated heterocycles. The lowest BCUT2D eigenvalue weighted by Crippen LogP contribution is -3.14. The molecule has 2 atom stereocenters. The second-order valence-corrected chi connectivity index (χ2v) is 5.98. The first-order chi connectivity index (χ1) is 12.5. The molecule has 0 radical (unpaired) electrons. The van der Waals surface area contributed by atoms with Crippen LogP contribution in [0.4, 0.5) is 10.1 Å². The fourth-order valence-electron chi connectivity index (χ4n) is 2.86. The predicted octanol–water partition coefficient (Wildman–Crippen LogP) is 1.55. The zero-order chi connectivity index (χ0) is 18.9. The van der Waals surface area contributed by atoms with Crippen LogP contribution in [0.3, 0.4) is 0 Å². The fraction of sp³-hybridized carbons (Fsp3) is 0.300. The lowest BCUT2D eigenvalue weighted by atomic mass is 10.0. The van der Waals surface area contributed by atoms with E-state index in [1.807, 2.05) is 44.2 Å². The van der Waals surface area contributed by atoms with E-state index in [0.29, 0.717) is 18.8 Å². The van der Waals surface area contributed by atoms with Gasteiger partial charge in [0.25, 0.3) is 11.8 Å². The predicted molar refractivity (Wildman–Crippen MR) is 99.3 cm³/mol. The Labute approximate surface area is 153 Å². The van der Waals surface area contributed by atoms with Crippen LogP contribution in [-0.4, -0.2) is 31.4 Å². The van der Waals surface area contributed by atoms with Crippen molar-refractivity contribution in [2.24, 2.45) is 0 Å². The van der Waals surface area contributed by atoms with Crippen molar-refractivity contribution >= 4 is 17.5 Å². The van der Waals surface area contributed by atoms with Gasteiger partial charge >= 0.3 is 0 Å². The van der Waals surface area contributed by atoms with E-state index in [2.05, 4.69) is 10.6 Å². The van der Waals surface area contributed by atoms with E-state index in [-0.39, 0.29) is 24.2 Å². The first-order valence-electron chi connectivity index (χ1n) is 8.77. The topological polar surface area (TPSA) is 62.6 Å². The SMILES string of the molecule is CCNC(=O)C[NH+](CC)[C@@H](C(=O)Nc1ccc(F)cc1)c1ccccc1. The lowest BCUT2D eigenvalue weighted by Gasteiger charge is -2.26. The molecule has 26 heavy (non-hydrogen) atoms. The number of quaternary nitrogens is 1. The molecule has 3 N–H and O–H groups in total. The normalized spacial score (nSPS) is 12.9. The van der Waals surface area contributed by atoms with Gasteiger partial charge in [-0.3, -0.25) is 9.59 Å². The summed E-state index contributed by atoms with van der Waals surface area (Å²) in [6, 6.07) is 14.5. The third kappa shape index (κ3) is 5.39. The molecular formula is C20H25FN3O2+. The van der Waals surface area contributed by atoms with Crippen molar-refractivity contribution in [1.82, 2.24) is 5.32 Å². The number of halogens is 1. The van der Waals surface area contributed by atoms with Gasteiger partial charge in [0.2, 0.25) is 0 Å². The van der Waals surface area contributed by atoms with E-state index >= 15 is 0 Å². The molecule has 0 heterocycles. The van der Waals surface area contributed by atoms with Crippen LogP contribution in [0.1, 0.15) is 25.5 Å². The first kappa shape index (κ1) is 19.6. The van der Waals surface area contributed by atoms with E-state index in [0.717, 1.165) is 10.5 Å². The van der Waals surface area contributed by atoms with Gasteiger partial charge in [-0.15, -0.1) is 0 Å². The van der Waals surface area contributed by atoms with E-state index < -0.39 is 6.04 Å². The first-order valence-corrected chi connectivity index (χ1v) is 8.77. The van der Waals surface area contributed by atoms with Crippen LogP contribution in [0.2, 0.25) is 0 Å². The van der Waals surface area contributed by atoms with Crippen LogP contribution in [-0.2, 0) is 9.59 Å². The Morgan fingerprint density at radius 3 is 2.27 bits per heavy atom. The number of carbonyl (C=O) groups excluding carboxylic acids is 2. The maximum atomic E-state index is 13.1. The highest BCUT2D eigenvalue weighted by Crippen LogP contribution is 2.14. The molecular weight excluding hydrogens is 333 g/mol. The molecule has 2 aromatic carbocycles. The highest BCUT2D eigenvalue weighted by Gasteiger charge is 2.32. The van der Waals surface area contributed by atoms with Gasteiger partial charge in [-0.1, -0.05) is 30.3 Å². The number of amides is 2. The Morgan fingerprint density at radius 1 is 1.04 bits per heavy atom. The molecule has 0 aliphatic heterocycles. The number of carbonyl (C=O) groups is 2. The molecule has 2 amide bonds. The summed E-state index contributed by atoms with van der Waals surface area (Å²) in [6.07, 6.45) is 0. The third-order valence-corrected chi connectivity index (χ3v) is 4.13. The maximum absolute atomic E-state index is 13.1. The van der Waals surface area contributed by atoms with Crippen LogP contribution >= 0.6 is 0 Å². The van der Waals surface area contributed by atoms with Gasteiger partial charge in [0.05, 0.1) is 6.54 Å². The summed E-state index contributed by atoms with van der Waals surface area (Å²) in [5.41, 5.74) is 1.35. The zero-order valence-corrected chi connectivity index (χ0v) is 15.1. The summed E-state index contributed by atoms with van der Waals surface area (Å²) < 4.78 is 13.1. The van der Waals surface area contributed by atoms with Gasteiger partial charge in [0.1, 0.15) is 5.82 Å². The lowest BCUT2D eigenvalue weighted by molar-refractivity contribution is -0.912. The Morgan fingerprint density at radius 2 is 1.69 bits per heavy atom. The van der Waals surface area contributed by atoms with Gasteiger partial charge in [-0.25, -0.2) is 4.39 Å². The molecule has 0 aromatic heterocycles. The zero-order valence-electron chi connectivity index (χ0n) is 15.1. The quantitative estimate of drug-likeness (QED) is 0.670.